The summed E-state index contributed by atoms with van der Waals surface area (Å²) in [7, 11) is 0. The van der Waals surface area contributed by atoms with Crippen molar-refractivity contribution in [3.8, 4) is 11.8 Å². The van der Waals surface area contributed by atoms with Gasteiger partial charge in [0.25, 0.3) is 6.43 Å². The van der Waals surface area contributed by atoms with E-state index in [0.29, 0.717) is 0 Å². The SMILES string of the molecule is N#Cc1c(C(F)F)ncc(O)c1C(F)(F)F. The maximum Gasteiger partial charge on any atom is 0.421 e. The first-order valence-electron chi connectivity index (χ1n) is 3.76. The first-order valence-corrected chi connectivity index (χ1v) is 3.76. The Hall–Kier alpha value is -1.91. The lowest BCUT2D eigenvalue weighted by molar-refractivity contribution is -0.139. The fourth-order valence-electron chi connectivity index (χ4n) is 1.08. The molecule has 1 N–H and O–H groups in total. The molecule has 0 radical (unpaired) electrons. The van der Waals surface area contributed by atoms with E-state index >= 15 is 0 Å². The van der Waals surface area contributed by atoms with E-state index in [9.17, 15) is 22.0 Å². The number of hydrogen-bond donors (Lipinski definition) is 1. The maximum atomic E-state index is 12.4. The van der Waals surface area contributed by atoms with Crippen LogP contribution in [0.1, 0.15) is 23.2 Å². The molecule has 0 spiro atoms. The Morgan fingerprint density at radius 1 is 1.38 bits per heavy atom. The van der Waals surface area contributed by atoms with Crippen LogP contribution in [-0.4, -0.2) is 10.1 Å². The molecule has 0 amide bonds. The van der Waals surface area contributed by atoms with Gasteiger partial charge in [-0.3, -0.25) is 0 Å². The zero-order chi connectivity index (χ0) is 12.5. The van der Waals surface area contributed by atoms with Crippen molar-refractivity contribution < 1.29 is 27.1 Å². The van der Waals surface area contributed by atoms with Gasteiger partial charge in [-0.1, -0.05) is 0 Å². The lowest BCUT2D eigenvalue weighted by Gasteiger charge is -2.12. The zero-order valence-corrected chi connectivity index (χ0v) is 7.39. The molecule has 8 heteroatoms. The number of alkyl halides is 5. The zero-order valence-electron chi connectivity index (χ0n) is 7.39. The second-order valence-corrected chi connectivity index (χ2v) is 2.69. The van der Waals surface area contributed by atoms with E-state index < -0.39 is 35.2 Å². The second-order valence-electron chi connectivity index (χ2n) is 2.69. The Bertz CT molecular complexity index is 449. The molecule has 16 heavy (non-hydrogen) atoms. The molecule has 0 unspecified atom stereocenters. The summed E-state index contributed by atoms with van der Waals surface area (Å²) < 4.78 is 61.6. The quantitative estimate of drug-likeness (QED) is 0.765. The number of nitrogens with zero attached hydrogens (tertiary/aromatic N) is 2. The predicted molar refractivity (Wildman–Crippen MR) is 40.6 cm³/mol. The Balaban J connectivity index is 3.60. The molecule has 3 nitrogen and oxygen atoms in total. The highest BCUT2D eigenvalue weighted by Crippen LogP contribution is 2.40. The van der Waals surface area contributed by atoms with Gasteiger partial charge in [-0.05, 0) is 0 Å². The highest BCUT2D eigenvalue weighted by atomic mass is 19.4. The van der Waals surface area contributed by atoms with Crippen molar-refractivity contribution in [2.24, 2.45) is 0 Å². The first kappa shape index (κ1) is 12.2. The van der Waals surface area contributed by atoms with E-state index in [1.807, 2.05) is 0 Å². The Kier molecular flexibility index (Phi) is 2.98. The average molecular weight is 238 g/mol. The third kappa shape index (κ3) is 2.03. The van der Waals surface area contributed by atoms with E-state index in [-0.39, 0.29) is 6.20 Å². The monoisotopic (exact) mass is 238 g/mol. The van der Waals surface area contributed by atoms with E-state index in [2.05, 4.69) is 4.98 Å². The third-order valence-corrected chi connectivity index (χ3v) is 1.69. The van der Waals surface area contributed by atoms with Gasteiger partial charge in [-0.25, -0.2) is 13.8 Å². The maximum absolute atomic E-state index is 12.4. The number of nitriles is 1. The minimum atomic E-state index is -5.10. The van der Waals surface area contributed by atoms with Crippen LogP contribution in [0.25, 0.3) is 0 Å². The molecule has 0 aromatic carbocycles. The summed E-state index contributed by atoms with van der Waals surface area (Å²) >= 11 is 0. The second kappa shape index (κ2) is 3.92. The fraction of sp³-hybridized carbons (Fsp3) is 0.250. The van der Waals surface area contributed by atoms with Crippen molar-refractivity contribution in [2.75, 3.05) is 0 Å². The van der Waals surface area contributed by atoms with E-state index in [1.54, 1.807) is 0 Å². The number of aromatic hydroxyl groups is 1. The summed E-state index contributed by atoms with van der Waals surface area (Å²) in [5.74, 6) is -1.35. The first-order chi connectivity index (χ1) is 7.29. The van der Waals surface area contributed by atoms with Crippen molar-refractivity contribution in [3.63, 3.8) is 0 Å². The molecular formula is C8H3F5N2O. The Morgan fingerprint density at radius 2 is 1.94 bits per heavy atom. The number of aromatic nitrogens is 1. The van der Waals surface area contributed by atoms with Gasteiger partial charge in [0.05, 0.1) is 11.8 Å². The molecule has 0 bridgehead atoms. The average Bonchev–Trinajstić information content (AvgIpc) is 2.14. The summed E-state index contributed by atoms with van der Waals surface area (Å²) in [6.07, 6.45) is -8.18. The number of rotatable bonds is 1. The van der Waals surface area contributed by atoms with Crippen LogP contribution >= 0.6 is 0 Å². The summed E-state index contributed by atoms with van der Waals surface area (Å²) in [6.45, 7) is 0. The molecule has 0 fully saturated rings. The van der Waals surface area contributed by atoms with Crippen molar-refractivity contribution in [1.82, 2.24) is 4.98 Å². The van der Waals surface area contributed by atoms with Crippen LogP contribution < -0.4 is 0 Å². The summed E-state index contributed by atoms with van der Waals surface area (Å²) in [6, 6.07) is 0.970. The van der Waals surface area contributed by atoms with Crippen LogP contribution in [0.2, 0.25) is 0 Å². The van der Waals surface area contributed by atoms with Crippen LogP contribution in [0.4, 0.5) is 22.0 Å². The van der Waals surface area contributed by atoms with Crippen LogP contribution in [0.15, 0.2) is 6.20 Å². The molecule has 1 aromatic rings. The largest absolute Gasteiger partial charge is 0.506 e. The highest BCUT2D eigenvalue weighted by Gasteiger charge is 2.39. The van der Waals surface area contributed by atoms with Gasteiger partial charge in [-0.2, -0.15) is 18.4 Å². The smallest absolute Gasteiger partial charge is 0.421 e. The van der Waals surface area contributed by atoms with Crippen LogP contribution in [-0.2, 0) is 6.18 Å². The van der Waals surface area contributed by atoms with Crippen molar-refractivity contribution in [2.45, 2.75) is 12.6 Å². The molecule has 0 saturated heterocycles. The van der Waals surface area contributed by atoms with Crippen molar-refractivity contribution in [1.29, 1.82) is 5.26 Å². The molecule has 0 aliphatic carbocycles. The topological polar surface area (TPSA) is 56.9 Å². The van der Waals surface area contributed by atoms with Crippen LogP contribution in [0.5, 0.6) is 5.75 Å². The van der Waals surface area contributed by atoms with Gasteiger partial charge in [0.2, 0.25) is 0 Å². The lowest BCUT2D eigenvalue weighted by atomic mass is 10.1. The minimum Gasteiger partial charge on any atom is -0.506 e. The van der Waals surface area contributed by atoms with E-state index in [0.717, 1.165) is 6.07 Å². The van der Waals surface area contributed by atoms with Gasteiger partial charge in [0.1, 0.15) is 23.1 Å². The number of pyridine rings is 1. The third-order valence-electron chi connectivity index (χ3n) is 1.69. The molecule has 0 aliphatic rings. The number of hydrogen-bond acceptors (Lipinski definition) is 3. The Labute approximate surface area is 85.8 Å². The van der Waals surface area contributed by atoms with Gasteiger partial charge in [-0.15, -0.1) is 0 Å². The molecule has 0 aliphatic heterocycles. The molecular weight excluding hydrogens is 235 g/mol. The van der Waals surface area contributed by atoms with Gasteiger partial charge in [0.15, 0.2) is 0 Å². The molecule has 0 saturated carbocycles. The van der Waals surface area contributed by atoms with Gasteiger partial charge < -0.3 is 5.11 Å². The van der Waals surface area contributed by atoms with Gasteiger partial charge in [0, 0.05) is 0 Å². The highest BCUT2D eigenvalue weighted by molar-refractivity contribution is 5.49. The molecule has 86 valence electrons. The van der Waals surface area contributed by atoms with Crippen LogP contribution in [0, 0.1) is 11.3 Å². The van der Waals surface area contributed by atoms with Gasteiger partial charge >= 0.3 is 6.18 Å². The molecule has 1 heterocycles. The summed E-state index contributed by atoms with van der Waals surface area (Å²) in [5.41, 5.74) is -4.45. The van der Waals surface area contributed by atoms with E-state index in [1.165, 1.54) is 0 Å². The summed E-state index contributed by atoms with van der Waals surface area (Å²) in [4.78, 5) is 2.90. The Morgan fingerprint density at radius 3 is 2.31 bits per heavy atom. The summed E-state index contributed by atoms with van der Waals surface area (Å²) in [5, 5.41) is 17.3. The molecule has 0 atom stereocenters. The predicted octanol–water partition coefficient (Wildman–Crippen LogP) is 2.62. The lowest BCUT2D eigenvalue weighted by Crippen LogP contribution is -2.11. The fourth-order valence-corrected chi connectivity index (χ4v) is 1.08. The van der Waals surface area contributed by atoms with Crippen LogP contribution in [0.3, 0.4) is 0 Å². The van der Waals surface area contributed by atoms with Crippen molar-refractivity contribution in [3.05, 3.63) is 23.0 Å². The number of halogens is 5. The van der Waals surface area contributed by atoms with Crippen molar-refractivity contribution >= 4 is 0 Å². The van der Waals surface area contributed by atoms with E-state index in [4.69, 9.17) is 10.4 Å². The minimum absolute atomic E-state index is 0.241. The standard InChI is InChI=1S/C8H3F5N2O/c9-7(10)6-3(1-14)5(8(11,12)13)4(16)2-15-6/h2,7,16H. The molecule has 1 aromatic heterocycles. The normalized spacial score (nSPS) is 11.6. The molecule has 1 rings (SSSR count).